The standard InChI is InChI=1S/C23H30N4O.ClH/c1-3-17(2)24-14-7-4-8-15-25-19-11-9-10-18(16-19)22-20-12-5-6-13-21(20)23(28)27-26-22;/h5-6,9-13,16-17,24-25H,3-4,7-8,14-15H2,1-2H3,(H,27,28);1H. The lowest BCUT2D eigenvalue weighted by Crippen LogP contribution is -2.26. The van der Waals surface area contributed by atoms with Crippen LogP contribution in [0.15, 0.2) is 53.3 Å². The van der Waals surface area contributed by atoms with Gasteiger partial charge in [0.05, 0.1) is 11.1 Å². The summed E-state index contributed by atoms with van der Waals surface area (Å²) in [4.78, 5) is 12.0. The van der Waals surface area contributed by atoms with Gasteiger partial charge in [-0.25, -0.2) is 5.10 Å². The van der Waals surface area contributed by atoms with Crippen LogP contribution in [0, 0.1) is 0 Å². The minimum absolute atomic E-state index is 0. The Bertz CT molecular complexity index is 957. The summed E-state index contributed by atoms with van der Waals surface area (Å²) >= 11 is 0. The molecule has 156 valence electrons. The van der Waals surface area contributed by atoms with Gasteiger partial charge in [-0.1, -0.05) is 43.7 Å². The maximum absolute atomic E-state index is 12.0. The molecule has 6 heteroatoms. The van der Waals surface area contributed by atoms with E-state index in [0.717, 1.165) is 41.8 Å². The third kappa shape index (κ3) is 6.31. The van der Waals surface area contributed by atoms with E-state index in [1.807, 2.05) is 36.4 Å². The summed E-state index contributed by atoms with van der Waals surface area (Å²) in [6.45, 7) is 6.48. The number of fused-ring (bicyclic) bond motifs is 1. The van der Waals surface area contributed by atoms with Crippen LogP contribution in [-0.2, 0) is 0 Å². The molecule has 3 aromatic rings. The summed E-state index contributed by atoms with van der Waals surface area (Å²) in [6.07, 6.45) is 4.74. The number of hydrogen-bond acceptors (Lipinski definition) is 4. The molecule has 0 amide bonds. The molecule has 1 heterocycles. The number of aromatic nitrogens is 2. The smallest absolute Gasteiger partial charge is 0.272 e. The van der Waals surface area contributed by atoms with E-state index in [2.05, 4.69) is 46.8 Å². The van der Waals surface area contributed by atoms with Crippen LogP contribution in [0.2, 0.25) is 0 Å². The Morgan fingerprint density at radius 3 is 2.55 bits per heavy atom. The Morgan fingerprint density at radius 2 is 1.76 bits per heavy atom. The SMILES string of the molecule is CCC(C)NCCCCCNc1cccc(-c2n[nH]c(=O)c3ccccc23)c1.Cl. The molecule has 0 bridgehead atoms. The number of halogens is 1. The third-order valence-electron chi connectivity index (χ3n) is 5.12. The van der Waals surface area contributed by atoms with E-state index in [1.165, 1.54) is 19.3 Å². The van der Waals surface area contributed by atoms with Crippen molar-refractivity contribution in [1.82, 2.24) is 15.5 Å². The third-order valence-corrected chi connectivity index (χ3v) is 5.12. The maximum atomic E-state index is 12.0. The first kappa shape index (κ1) is 22.9. The summed E-state index contributed by atoms with van der Waals surface area (Å²) in [5.74, 6) is 0. The fourth-order valence-corrected chi connectivity index (χ4v) is 3.26. The van der Waals surface area contributed by atoms with E-state index in [9.17, 15) is 4.79 Å². The zero-order valence-corrected chi connectivity index (χ0v) is 18.0. The van der Waals surface area contributed by atoms with Crippen molar-refractivity contribution in [2.45, 2.75) is 45.6 Å². The number of hydrogen-bond donors (Lipinski definition) is 3. The molecule has 0 aliphatic rings. The molecule has 3 N–H and O–H groups in total. The number of rotatable bonds is 10. The quantitative estimate of drug-likeness (QED) is 0.409. The summed E-state index contributed by atoms with van der Waals surface area (Å²) in [5.41, 5.74) is 2.72. The lowest BCUT2D eigenvalue weighted by atomic mass is 10.0. The number of anilines is 1. The zero-order chi connectivity index (χ0) is 19.8. The van der Waals surface area contributed by atoms with Gasteiger partial charge in [-0.2, -0.15) is 5.10 Å². The average Bonchev–Trinajstić information content (AvgIpc) is 2.73. The van der Waals surface area contributed by atoms with Crippen molar-refractivity contribution < 1.29 is 0 Å². The minimum atomic E-state index is -0.156. The molecule has 0 aliphatic carbocycles. The van der Waals surface area contributed by atoms with E-state index in [4.69, 9.17) is 0 Å². The van der Waals surface area contributed by atoms with Crippen LogP contribution in [0.4, 0.5) is 5.69 Å². The summed E-state index contributed by atoms with van der Waals surface area (Å²) in [7, 11) is 0. The topological polar surface area (TPSA) is 69.8 Å². The molecule has 1 unspecified atom stereocenters. The highest BCUT2D eigenvalue weighted by Gasteiger charge is 2.08. The highest BCUT2D eigenvalue weighted by molar-refractivity contribution is 5.94. The first-order chi connectivity index (χ1) is 13.7. The molecule has 0 saturated heterocycles. The zero-order valence-electron chi connectivity index (χ0n) is 17.2. The van der Waals surface area contributed by atoms with E-state index in [1.54, 1.807) is 0 Å². The molecule has 0 aliphatic heterocycles. The first-order valence-corrected chi connectivity index (χ1v) is 10.2. The van der Waals surface area contributed by atoms with Gasteiger partial charge in [-0.3, -0.25) is 4.79 Å². The number of unbranched alkanes of at least 4 members (excludes halogenated alkanes) is 2. The number of nitrogens with one attached hydrogen (secondary N) is 3. The Labute approximate surface area is 178 Å². The van der Waals surface area contributed by atoms with Gasteiger partial charge in [-0.05, 0) is 50.9 Å². The Hall–Kier alpha value is -2.37. The maximum Gasteiger partial charge on any atom is 0.272 e. The van der Waals surface area contributed by atoms with Gasteiger partial charge in [0, 0.05) is 29.2 Å². The second-order valence-corrected chi connectivity index (χ2v) is 7.28. The minimum Gasteiger partial charge on any atom is -0.385 e. The molecule has 29 heavy (non-hydrogen) atoms. The Kier molecular flexibility index (Phi) is 9.16. The van der Waals surface area contributed by atoms with Gasteiger partial charge in [0.2, 0.25) is 0 Å². The largest absolute Gasteiger partial charge is 0.385 e. The number of nitrogens with zero attached hydrogens (tertiary/aromatic N) is 1. The molecule has 1 aromatic heterocycles. The normalized spacial score (nSPS) is 11.8. The van der Waals surface area contributed by atoms with Crippen LogP contribution in [0.5, 0.6) is 0 Å². The predicted octanol–water partition coefficient (Wildman–Crippen LogP) is 4.98. The van der Waals surface area contributed by atoms with Gasteiger partial charge >= 0.3 is 0 Å². The summed E-state index contributed by atoms with van der Waals surface area (Å²) in [5, 5.41) is 15.5. The molecule has 2 aromatic carbocycles. The number of aromatic amines is 1. The fourth-order valence-electron chi connectivity index (χ4n) is 3.26. The predicted molar refractivity (Wildman–Crippen MR) is 125 cm³/mol. The average molecular weight is 415 g/mol. The van der Waals surface area contributed by atoms with E-state index in [-0.39, 0.29) is 18.0 Å². The molecule has 1 atom stereocenters. The summed E-state index contributed by atoms with van der Waals surface area (Å²) < 4.78 is 0. The van der Waals surface area contributed by atoms with Gasteiger partial charge in [0.1, 0.15) is 0 Å². The second kappa shape index (κ2) is 11.6. The van der Waals surface area contributed by atoms with Crippen molar-refractivity contribution in [1.29, 1.82) is 0 Å². The molecule has 0 radical (unpaired) electrons. The van der Waals surface area contributed by atoms with E-state index >= 15 is 0 Å². The van der Waals surface area contributed by atoms with Crippen molar-refractivity contribution in [2.75, 3.05) is 18.4 Å². The van der Waals surface area contributed by atoms with Crippen molar-refractivity contribution in [3.63, 3.8) is 0 Å². The van der Waals surface area contributed by atoms with Crippen LogP contribution >= 0.6 is 12.4 Å². The second-order valence-electron chi connectivity index (χ2n) is 7.28. The lowest BCUT2D eigenvalue weighted by molar-refractivity contribution is 0.513. The monoisotopic (exact) mass is 414 g/mol. The Morgan fingerprint density at radius 1 is 1.00 bits per heavy atom. The molecule has 0 fully saturated rings. The van der Waals surface area contributed by atoms with Crippen molar-refractivity contribution in [2.24, 2.45) is 0 Å². The van der Waals surface area contributed by atoms with Crippen molar-refractivity contribution in [3.8, 4) is 11.3 Å². The molecular weight excluding hydrogens is 384 g/mol. The molecule has 5 nitrogen and oxygen atoms in total. The van der Waals surface area contributed by atoms with Crippen LogP contribution in [0.1, 0.15) is 39.5 Å². The van der Waals surface area contributed by atoms with E-state index in [0.29, 0.717) is 11.4 Å². The first-order valence-electron chi connectivity index (χ1n) is 10.2. The lowest BCUT2D eigenvalue weighted by Gasteiger charge is -2.11. The van der Waals surface area contributed by atoms with Gasteiger partial charge in [0.15, 0.2) is 0 Å². The van der Waals surface area contributed by atoms with Gasteiger partial charge in [0.25, 0.3) is 5.56 Å². The van der Waals surface area contributed by atoms with Crippen LogP contribution in [-0.4, -0.2) is 29.3 Å². The fraction of sp³-hybridized carbons (Fsp3) is 0.391. The van der Waals surface area contributed by atoms with Crippen molar-refractivity contribution >= 4 is 28.9 Å². The van der Waals surface area contributed by atoms with Crippen LogP contribution < -0.4 is 16.2 Å². The Balaban J connectivity index is 0.00000300. The molecule has 0 saturated carbocycles. The number of H-pyrrole nitrogens is 1. The molecular formula is C23H31ClN4O. The number of benzene rings is 2. The summed E-state index contributed by atoms with van der Waals surface area (Å²) in [6, 6.07) is 16.4. The molecule has 3 rings (SSSR count). The van der Waals surface area contributed by atoms with E-state index < -0.39 is 0 Å². The molecule has 0 spiro atoms. The highest BCUT2D eigenvalue weighted by atomic mass is 35.5. The van der Waals surface area contributed by atoms with Crippen LogP contribution in [0.3, 0.4) is 0 Å². The van der Waals surface area contributed by atoms with Crippen LogP contribution in [0.25, 0.3) is 22.0 Å². The van der Waals surface area contributed by atoms with Gasteiger partial charge in [-0.15, -0.1) is 12.4 Å². The highest BCUT2D eigenvalue weighted by Crippen LogP contribution is 2.26. The van der Waals surface area contributed by atoms with Crippen molar-refractivity contribution in [3.05, 3.63) is 58.9 Å². The van der Waals surface area contributed by atoms with Gasteiger partial charge < -0.3 is 10.6 Å².